The van der Waals surface area contributed by atoms with Gasteiger partial charge in [0.15, 0.2) is 3.96 Å². The van der Waals surface area contributed by atoms with Crippen molar-refractivity contribution >= 4 is 75.8 Å². The van der Waals surface area contributed by atoms with Gasteiger partial charge in [0.05, 0.1) is 17.7 Å². The average molecular weight is 283 g/mol. The van der Waals surface area contributed by atoms with Crippen LogP contribution in [0.15, 0.2) is 0 Å². The van der Waals surface area contributed by atoms with Crippen LogP contribution in [0.25, 0.3) is 0 Å². The third-order valence-corrected chi connectivity index (χ3v) is 9.40. The summed E-state index contributed by atoms with van der Waals surface area (Å²) in [5.41, 5.74) is 0. The van der Waals surface area contributed by atoms with Gasteiger partial charge < -0.3 is 0 Å². The van der Waals surface area contributed by atoms with Crippen molar-refractivity contribution in [1.82, 2.24) is 0 Å². The van der Waals surface area contributed by atoms with Crippen molar-refractivity contribution in [2.24, 2.45) is 0 Å². The highest BCUT2D eigenvalue weighted by Gasteiger charge is 2.53. The fraction of sp³-hybridized carbons (Fsp3) is 1.00. The molecule has 0 heterocycles. The molecule has 0 aliphatic carbocycles. The lowest BCUT2D eigenvalue weighted by molar-refractivity contribution is 0.637. The maximum atomic E-state index is 5.53. The molecule has 0 aliphatic rings. The normalized spacial score (nSPS) is 13.8. The van der Waals surface area contributed by atoms with Crippen LogP contribution in [-0.4, -0.2) is 16.8 Å². The molecule has 0 bridgehead atoms. The van der Waals surface area contributed by atoms with Crippen LogP contribution < -0.4 is 0 Å². The SMILES string of the molecule is ClCC(Cl)(Cl)[Si](Cl)(Cl)OCl. The number of rotatable bonds is 3. The van der Waals surface area contributed by atoms with Crippen LogP contribution in [0.1, 0.15) is 0 Å². The van der Waals surface area contributed by atoms with E-state index in [2.05, 4.69) is 3.98 Å². The lowest BCUT2D eigenvalue weighted by Gasteiger charge is -2.23. The van der Waals surface area contributed by atoms with Gasteiger partial charge in [0.1, 0.15) is 0 Å². The zero-order valence-electron chi connectivity index (χ0n) is 4.38. The first-order valence-electron chi connectivity index (χ1n) is 1.99. The molecule has 0 atom stereocenters. The first-order chi connectivity index (χ1) is 4.37. The Morgan fingerprint density at radius 1 is 1.30 bits per heavy atom. The van der Waals surface area contributed by atoms with E-state index in [4.69, 9.17) is 68.8 Å². The van der Waals surface area contributed by atoms with E-state index in [1.165, 1.54) is 0 Å². The van der Waals surface area contributed by atoms with Crippen molar-refractivity contribution in [3.05, 3.63) is 0 Å². The van der Waals surface area contributed by atoms with Crippen molar-refractivity contribution in [3.63, 3.8) is 0 Å². The zero-order chi connectivity index (χ0) is 8.41. The van der Waals surface area contributed by atoms with E-state index in [0.717, 1.165) is 0 Å². The highest BCUT2D eigenvalue weighted by Crippen LogP contribution is 2.40. The summed E-state index contributed by atoms with van der Waals surface area (Å²) in [6.07, 6.45) is 0. The molecule has 0 fully saturated rings. The summed E-state index contributed by atoms with van der Waals surface area (Å²) in [5.74, 6) is -0.137. The van der Waals surface area contributed by atoms with Gasteiger partial charge in [-0.1, -0.05) is 23.2 Å². The summed E-state index contributed by atoms with van der Waals surface area (Å²) in [4.78, 5) is 0. The molecule has 0 radical (unpaired) electrons. The van der Waals surface area contributed by atoms with Crippen molar-refractivity contribution in [3.8, 4) is 0 Å². The molecule has 62 valence electrons. The Hall–Kier alpha value is 1.92. The van der Waals surface area contributed by atoms with Crippen LogP contribution in [0, 0.1) is 0 Å². The van der Waals surface area contributed by atoms with Gasteiger partial charge >= 0.3 is 6.94 Å². The highest BCUT2D eigenvalue weighted by atomic mass is 35.7. The fourth-order valence-electron chi connectivity index (χ4n) is 0.134. The molecule has 0 amide bonds. The summed E-state index contributed by atoms with van der Waals surface area (Å²) in [5, 5.41) is 0. The molecule has 0 aromatic heterocycles. The first-order valence-corrected chi connectivity index (χ1v) is 7.52. The molecule has 8 heteroatoms. The van der Waals surface area contributed by atoms with Crippen molar-refractivity contribution < 1.29 is 3.98 Å². The molecule has 0 aromatic rings. The Morgan fingerprint density at radius 3 is 1.80 bits per heavy atom. The zero-order valence-corrected chi connectivity index (χ0v) is 9.92. The molecular weight excluding hydrogens is 281 g/mol. The second kappa shape index (κ2) is 4.24. The standard InChI is InChI=1S/C2H2Cl6OSi/c3-1-2(4,5)10(7,8)9-6/h1H2. The van der Waals surface area contributed by atoms with Crippen LogP contribution in [0.2, 0.25) is 0 Å². The van der Waals surface area contributed by atoms with E-state index >= 15 is 0 Å². The summed E-state index contributed by atoms with van der Waals surface area (Å²) < 4.78 is 2.70. The molecule has 1 nitrogen and oxygen atoms in total. The smallest absolute Gasteiger partial charge is 0.285 e. The minimum Gasteiger partial charge on any atom is -0.285 e. The van der Waals surface area contributed by atoms with Gasteiger partial charge in [0.2, 0.25) is 0 Å². The molecule has 10 heavy (non-hydrogen) atoms. The van der Waals surface area contributed by atoms with Crippen LogP contribution >= 0.6 is 68.8 Å². The number of halogens is 6. The monoisotopic (exact) mass is 280 g/mol. The maximum absolute atomic E-state index is 5.53. The van der Waals surface area contributed by atoms with E-state index < -0.39 is 10.9 Å². The Bertz CT molecular complexity index is 100. The van der Waals surface area contributed by atoms with Gasteiger partial charge in [-0.15, -0.1) is 33.8 Å². The molecular formula is C2H2Cl6OSi. The summed E-state index contributed by atoms with van der Waals surface area (Å²) in [6, 6.07) is 0. The predicted molar refractivity (Wildman–Crippen MR) is 49.6 cm³/mol. The molecule has 0 aliphatic heterocycles. The fourth-order valence-corrected chi connectivity index (χ4v) is 2.64. The van der Waals surface area contributed by atoms with Gasteiger partial charge in [-0.05, 0) is 0 Å². The number of alkyl halides is 3. The predicted octanol–water partition coefficient (Wildman–Crippen LogP) is 3.53. The third kappa shape index (κ3) is 2.76. The van der Waals surface area contributed by atoms with E-state index in [9.17, 15) is 0 Å². The van der Waals surface area contributed by atoms with Gasteiger partial charge in [0, 0.05) is 0 Å². The van der Waals surface area contributed by atoms with Crippen molar-refractivity contribution in [2.45, 2.75) is 3.96 Å². The van der Waals surface area contributed by atoms with E-state index in [-0.39, 0.29) is 5.88 Å². The molecule has 0 rings (SSSR count). The quantitative estimate of drug-likeness (QED) is 0.437. The summed E-state index contributed by atoms with van der Waals surface area (Å²) in [7, 11) is 0. The highest BCUT2D eigenvalue weighted by molar-refractivity contribution is 7.47. The maximum Gasteiger partial charge on any atom is 0.445 e. The molecule has 0 saturated carbocycles. The molecule has 0 N–H and O–H groups in total. The van der Waals surface area contributed by atoms with Crippen molar-refractivity contribution in [2.75, 3.05) is 5.88 Å². The minimum atomic E-state index is -3.30. The van der Waals surface area contributed by atoms with Gasteiger partial charge in [-0.2, -0.15) is 0 Å². The second-order valence-electron chi connectivity index (χ2n) is 1.43. The molecule has 0 saturated heterocycles. The lowest BCUT2D eigenvalue weighted by atomic mass is 10.9. The summed E-state index contributed by atoms with van der Waals surface area (Å²) in [6.45, 7) is -3.30. The van der Waals surface area contributed by atoms with E-state index in [1.807, 2.05) is 0 Å². The second-order valence-corrected chi connectivity index (χ2v) is 10.1. The van der Waals surface area contributed by atoms with Crippen molar-refractivity contribution in [1.29, 1.82) is 0 Å². The Labute approximate surface area is 89.1 Å². The topological polar surface area (TPSA) is 9.23 Å². The van der Waals surface area contributed by atoms with Gasteiger partial charge in [0.25, 0.3) is 0 Å². The molecule has 0 unspecified atom stereocenters. The van der Waals surface area contributed by atoms with Crippen LogP contribution in [0.5, 0.6) is 0 Å². The van der Waals surface area contributed by atoms with E-state index in [1.54, 1.807) is 0 Å². The minimum absolute atomic E-state index is 0.137. The first kappa shape index (κ1) is 11.9. The Kier molecular flexibility index (Phi) is 5.05. The number of hydrogen-bond donors (Lipinski definition) is 0. The number of hydrogen-bond acceptors (Lipinski definition) is 1. The summed E-state index contributed by atoms with van der Waals surface area (Å²) >= 11 is 32.3. The van der Waals surface area contributed by atoms with E-state index in [0.29, 0.717) is 0 Å². The van der Waals surface area contributed by atoms with Gasteiger partial charge in [-0.25, -0.2) is 0 Å². The van der Waals surface area contributed by atoms with Gasteiger partial charge in [-0.3, -0.25) is 3.98 Å². The largest absolute Gasteiger partial charge is 0.445 e. The van der Waals surface area contributed by atoms with Crippen LogP contribution in [0.3, 0.4) is 0 Å². The lowest BCUT2D eigenvalue weighted by Crippen LogP contribution is -2.44. The Balaban J connectivity index is 4.28. The molecule has 0 spiro atoms. The average Bonchev–Trinajstić information content (AvgIpc) is 1.88. The van der Waals surface area contributed by atoms with Crippen LogP contribution in [0.4, 0.5) is 0 Å². The third-order valence-electron chi connectivity index (χ3n) is 0.691. The molecule has 0 aromatic carbocycles. The van der Waals surface area contributed by atoms with Crippen LogP contribution in [-0.2, 0) is 3.98 Å². The Morgan fingerprint density at radius 2 is 1.70 bits per heavy atom.